The number of hydrogen-bond donors (Lipinski definition) is 1. The predicted molar refractivity (Wildman–Crippen MR) is 63.5 cm³/mol. The second kappa shape index (κ2) is 5.12. The van der Waals surface area contributed by atoms with Gasteiger partial charge in [0.1, 0.15) is 0 Å². The molecule has 0 aromatic heterocycles. The number of nitro groups is 1. The zero-order valence-corrected chi connectivity index (χ0v) is 9.49. The van der Waals surface area contributed by atoms with Crippen molar-refractivity contribution in [2.45, 2.75) is 25.7 Å². The molecule has 4 nitrogen and oxygen atoms in total. The molecule has 0 saturated heterocycles. The number of nitro benzene ring substituents is 1. The lowest BCUT2D eigenvalue weighted by atomic mass is 10.1. The summed E-state index contributed by atoms with van der Waals surface area (Å²) >= 11 is 0. The van der Waals surface area contributed by atoms with Crippen LogP contribution in [0.5, 0.6) is 0 Å². The van der Waals surface area contributed by atoms with Crippen LogP contribution in [0.1, 0.15) is 25.7 Å². The fourth-order valence-corrected chi connectivity index (χ4v) is 2.24. The highest BCUT2D eigenvalue weighted by molar-refractivity contribution is 5.49. The predicted octanol–water partition coefficient (Wildman–Crippen LogP) is 3.34. The van der Waals surface area contributed by atoms with Crippen LogP contribution < -0.4 is 5.32 Å². The van der Waals surface area contributed by atoms with E-state index in [4.69, 9.17) is 0 Å². The molecule has 0 aliphatic heterocycles. The lowest BCUT2D eigenvalue weighted by Gasteiger charge is -2.11. The van der Waals surface area contributed by atoms with Crippen molar-refractivity contribution in [1.29, 1.82) is 0 Å². The zero-order chi connectivity index (χ0) is 12.3. The minimum absolute atomic E-state index is 0.476. The summed E-state index contributed by atoms with van der Waals surface area (Å²) in [6.07, 6.45) is 4.95. The Bertz CT molecular complexity index is 417. The molecule has 1 aromatic rings. The largest absolute Gasteiger partial charge is 0.385 e. The highest BCUT2D eigenvalue weighted by Crippen LogP contribution is 2.26. The Morgan fingerprint density at radius 2 is 2.12 bits per heavy atom. The Kier molecular flexibility index (Phi) is 3.56. The van der Waals surface area contributed by atoms with E-state index in [1.807, 2.05) is 0 Å². The van der Waals surface area contributed by atoms with Gasteiger partial charge < -0.3 is 5.32 Å². The van der Waals surface area contributed by atoms with Gasteiger partial charge in [-0.05, 0) is 24.8 Å². The summed E-state index contributed by atoms with van der Waals surface area (Å²) in [7, 11) is 0. The molecule has 0 unspecified atom stereocenters. The molecule has 1 aliphatic carbocycles. The monoisotopic (exact) mass is 238 g/mol. The Morgan fingerprint density at radius 1 is 1.41 bits per heavy atom. The molecule has 0 spiro atoms. The highest BCUT2D eigenvalue weighted by atomic mass is 19.1. The van der Waals surface area contributed by atoms with Crippen molar-refractivity contribution < 1.29 is 9.31 Å². The molecule has 1 saturated carbocycles. The Labute approximate surface area is 99.0 Å². The van der Waals surface area contributed by atoms with E-state index in [2.05, 4.69) is 5.32 Å². The minimum Gasteiger partial charge on any atom is -0.385 e. The summed E-state index contributed by atoms with van der Waals surface area (Å²) in [6, 6.07) is 3.94. The van der Waals surface area contributed by atoms with Crippen LogP contribution in [0.3, 0.4) is 0 Å². The quantitative estimate of drug-likeness (QED) is 0.646. The third kappa shape index (κ3) is 2.93. The van der Waals surface area contributed by atoms with Gasteiger partial charge in [0.05, 0.1) is 4.92 Å². The van der Waals surface area contributed by atoms with E-state index in [1.165, 1.54) is 37.8 Å². The topological polar surface area (TPSA) is 55.2 Å². The second-order valence-electron chi connectivity index (χ2n) is 4.45. The lowest BCUT2D eigenvalue weighted by molar-refractivity contribution is -0.387. The SMILES string of the molecule is O=[N+]([O-])c1ccc(NCC2CCCC2)cc1F. The van der Waals surface area contributed by atoms with Gasteiger partial charge in [-0.2, -0.15) is 4.39 Å². The number of nitrogens with one attached hydrogen (secondary N) is 1. The van der Waals surface area contributed by atoms with Crippen LogP contribution in [-0.4, -0.2) is 11.5 Å². The van der Waals surface area contributed by atoms with Gasteiger partial charge in [-0.15, -0.1) is 0 Å². The number of nitrogens with zero attached hydrogens (tertiary/aromatic N) is 1. The average Bonchev–Trinajstić information content (AvgIpc) is 2.78. The van der Waals surface area contributed by atoms with Crippen LogP contribution in [0.4, 0.5) is 15.8 Å². The van der Waals surface area contributed by atoms with Crippen LogP contribution in [-0.2, 0) is 0 Å². The first-order chi connectivity index (χ1) is 8.16. The number of benzene rings is 1. The summed E-state index contributed by atoms with van der Waals surface area (Å²) < 4.78 is 13.3. The molecule has 1 fully saturated rings. The van der Waals surface area contributed by atoms with Crippen LogP contribution in [0.25, 0.3) is 0 Å². The van der Waals surface area contributed by atoms with Crippen molar-refractivity contribution in [2.75, 3.05) is 11.9 Å². The van der Waals surface area contributed by atoms with Gasteiger partial charge in [0.2, 0.25) is 5.82 Å². The van der Waals surface area contributed by atoms with E-state index in [9.17, 15) is 14.5 Å². The van der Waals surface area contributed by atoms with Gasteiger partial charge in [-0.25, -0.2) is 0 Å². The lowest BCUT2D eigenvalue weighted by Crippen LogP contribution is -2.11. The maximum absolute atomic E-state index is 13.3. The summed E-state index contributed by atoms with van der Waals surface area (Å²) in [5.74, 6) is -0.139. The second-order valence-corrected chi connectivity index (χ2v) is 4.45. The molecule has 1 aromatic carbocycles. The van der Waals surface area contributed by atoms with E-state index in [-0.39, 0.29) is 0 Å². The minimum atomic E-state index is -0.786. The van der Waals surface area contributed by atoms with Crippen molar-refractivity contribution in [1.82, 2.24) is 0 Å². The van der Waals surface area contributed by atoms with E-state index < -0.39 is 16.4 Å². The molecule has 92 valence electrons. The van der Waals surface area contributed by atoms with E-state index in [0.717, 1.165) is 6.54 Å². The molecule has 0 heterocycles. The molecule has 2 rings (SSSR count). The first-order valence-electron chi connectivity index (χ1n) is 5.84. The molecule has 0 amide bonds. The number of halogens is 1. The molecule has 1 N–H and O–H groups in total. The van der Waals surface area contributed by atoms with E-state index in [1.54, 1.807) is 6.07 Å². The highest BCUT2D eigenvalue weighted by Gasteiger charge is 2.16. The molecule has 5 heteroatoms. The van der Waals surface area contributed by atoms with E-state index in [0.29, 0.717) is 11.6 Å². The summed E-state index contributed by atoms with van der Waals surface area (Å²) in [6.45, 7) is 0.817. The molecule has 0 atom stereocenters. The summed E-state index contributed by atoms with van der Waals surface area (Å²) in [4.78, 5) is 9.73. The van der Waals surface area contributed by atoms with Crippen molar-refractivity contribution in [2.24, 2.45) is 5.92 Å². The molecular formula is C12H15FN2O2. The smallest absolute Gasteiger partial charge is 0.304 e. The van der Waals surface area contributed by atoms with Crippen molar-refractivity contribution in [3.63, 3.8) is 0 Å². The van der Waals surface area contributed by atoms with Gasteiger partial charge in [-0.1, -0.05) is 12.8 Å². The third-order valence-corrected chi connectivity index (χ3v) is 3.21. The first-order valence-corrected chi connectivity index (χ1v) is 5.84. The average molecular weight is 238 g/mol. The third-order valence-electron chi connectivity index (χ3n) is 3.21. The number of anilines is 1. The van der Waals surface area contributed by atoms with Gasteiger partial charge in [0.15, 0.2) is 0 Å². The summed E-state index contributed by atoms with van der Waals surface area (Å²) in [5, 5.41) is 13.6. The Balaban J connectivity index is 1.97. The normalized spacial score (nSPS) is 16.1. The van der Waals surface area contributed by atoms with Crippen molar-refractivity contribution in [3.8, 4) is 0 Å². The van der Waals surface area contributed by atoms with Crippen molar-refractivity contribution in [3.05, 3.63) is 34.1 Å². The van der Waals surface area contributed by atoms with Crippen LogP contribution in [0, 0.1) is 21.8 Å². The molecule has 17 heavy (non-hydrogen) atoms. The fourth-order valence-electron chi connectivity index (χ4n) is 2.24. The molecule has 1 aliphatic rings. The van der Waals surface area contributed by atoms with Crippen LogP contribution in [0.2, 0.25) is 0 Å². The standard InChI is InChI=1S/C12H15FN2O2/c13-11-7-10(5-6-12(11)15(16)17)14-8-9-3-1-2-4-9/h5-7,9,14H,1-4,8H2. The zero-order valence-electron chi connectivity index (χ0n) is 9.49. The number of rotatable bonds is 4. The van der Waals surface area contributed by atoms with Crippen LogP contribution >= 0.6 is 0 Å². The Morgan fingerprint density at radius 3 is 2.71 bits per heavy atom. The van der Waals surface area contributed by atoms with Gasteiger partial charge >= 0.3 is 5.69 Å². The van der Waals surface area contributed by atoms with Gasteiger partial charge in [0, 0.05) is 24.4 Å². The summed E-state index contributed by atoms with van der Waals surface area (Å²) in [5.41, 5.74) is 0.136. The van der Waals surface area contributed by atoms with Gasteiger partial charge in [0.25, 0.3) is 0 Å². The Hall–Kier alpha value is -1.65. The molecule has 0 radical (unpaired) electrons. The number of hydrogen-bond acceptors (Lipinski definition) is 3. The molecule has 0 bridgehead atoms. The fraction of sp³-hybridized carbons (Fsp3) is 0.500. The maximum atomic E-state index is 13.3. The van der Waals surface area contributed by atoms with Gasteiger partial charge in [-0.3, -0.25) is 10.1 Å². The molecular weight excluding hydrogens is 223 g/mol. The van der Waals surface area contributed by atoms with E-state index >= 15 is 0 Å². The van der Waals surface area contributed by atoms with Crippen molar-refractivity contribution >= 4 is 11.4 Å². The van der Waals surface area contributed by atoms with Crippen LogP contribution in [0.15, 0.2) is 18.2 Å². The maximum Gasteiger partial charge on any atom is 0.304 e. The first kappa shape index (κ1) is 11.8.